The molecule has 0 spiro atoms. The molecule has 0 aromatic heterocycles. The standard InChI is InChI=1S/C17H17F3N4O4S/c1-11(25)22-13-5-7-15(8-6-13)29(27,28)24(10-16(26)23-21)14-4-2-3-12(9-14)17(18,19)20/h2-9H,10,21H2,1H3,(H,22,25)(H,23,26). The molecule has 0 heterocycles. The van der Waals surface area contributed by atoms with Crippen LogP contribution in [0.15, 0.2) is 53.4 Å². The number of hydrogen-bond acceptors (Lipinski definition) is 5. The second-order valence-corrected chi connectivity index (χ2v) is 7.70. The Kier molecular flexibility index (Phi) is 6.49. The molecule has 2 aromatic rings. The molecule has 2 amide bonds. The molecule has 2 rings (SSSR count). The summed E-state index contributed by atoms with van der Waals surface area (Å²) in [5.74, 6) is 3.71. The second kappa shape index (κ2) is 8.49. The van der Waals surface area contributed by atoms with E-state index >= 15 is 0 Å². The van der Waals surface area contributed by atoms with Crippen LogP contribution in [0.25, 0.3) is 0 Å². The van der Waals surface area contributed by atoms with Crippen LogP contribution in [0.1, 0.15) is 12.5 Å². The Balaban J connectivity index is 2.51. The number of nitrogens with two attached hydrogens (primary N) is 1. The molecule has 4 N–H and O–H groups in total. The summed E-state index contributed by atoms with van der Waals surface area (Å²) in [5.41, 5.74) is 0.625. The van der Waals surface area contributed by atoms with Crippen molar-refractivity contribution in [3.63, 3.8) is 0 Å². The number of anilines is 2. The number of alkyl halides is 3. The molecule has 0 saturated carbocycles. The van der Waals surface area contributed by atoms with Gasteiger partial charge in [0.25, 0.3) is 15.9 Å². The van der Waals surface area contributed by atoms with E-state index in [1.165, 1.54) is 19.1 Å². The summed E-state index contributed by atoms with van der Waals surface area (Å²) in [4.78, 5) is 22.5. The van der Waals surface area contributed by atoms with Crippen LogP contribution in [0.3, 0.4) is 0 Å². The molecule has 0 unspecified atom stereocenters. The van der Waals surface area contributed by atoms with Crippen molar-refractivity contribution < 1.29 is 31.2 Å². The Morgan fingerprint density at radius 1 is 1.10 bits per heavy atom. The van der Waals surface area contributed by atoms with E-state index in [1.807, 2.05) is 0 Å². The predicted octanol–water partition coefficient (Wildman–Crippen LogP) is 1.85. The van der Waals surface area contributed by atoms with E-state index in [1.54, 1.807) is 5.43 Å². The summed E-state index contributed by atoms with van der Waals surface area (Å²) >= 11 is 0. The summed E-state index contributed by atoms with van der Waals surface area (Å²) in [7, 11) is -4.43. The highest BCUT2D eigenvalue weighted by Gasteiger charge is 2.33. The van der Waals surface area contributed by atoms with Crippen LogP contribution in [0.4, 0.5) is 24.5 Å². The number of benzene rings is 2. The van der Waals surface area contributed by atoms with Crippen molar-refractivity contribution in [1.82, 2.24) is 5.43 Å². The third-order valence-electron chi connectivity index (χ3n) is 3.67. The maximum Gasteiger partial charge on any atom is 0.416 e. The Hall–Kier alpha value is -3.12. The highest BCUT2D eigenvalue weighted by atomic mass is 32.2. The lowest BCUT2D eigenvalue weighted by Crippen LogP contribution is -2.43. The summed E-state index contributed by atoms with van der Waals surface area (Å²) in [5, 5.41) is 2.46. The molecule has 156 valence electrons. The zero-order valence-electron chi connectivity index (χ0n) is 15.0. The molecule has 0 bridgehead atoms. The van der Waals surface area contributed by atoms with Crippen LogP contribution in [-0.2, 0) is 25.8 Å². The number of halogens is 3. The number of nitrogens with one attached hydrogen (secondary N) is 2. The first-order valence-corrected chi connectivity index (χ1v) is 9.46. The molecule has 0 fully saturated rings. The number of rotatable bonds is 6. The zero-order valence-corrected chi connectivity index (χ0v) is 15.8. The lowest BCUT2D eigenvalue weighted by Gasteiger charge is -2.24. The summed E-state index contributed by atoms with van der Waals surface area (Å²) in [6.07, 6.45) is -4.71. The van der Waals surface area contributed by atoms with Gasteiger partial charge < -0.3 is 5.32 Å². The third kappa shape index (κ3) is 5.45. The molecule has 8 nitrogen and oxygen atoms in total. The van der Waals surface area contributed by atoms with E-state index in [9.17, 15) is 31.2 Å². The number of carbonyl (C=O) groups is 2. The molecule has 12 heteroatoms. The van der Waals surface area contributed by atoms with Crippen LogP contribution >= 0.6 is 0 Å². The Morgan fingerprint density at radius 2 is 1.72 bits per heavy atom. The van der Waals surface area contributed by atoms with Crippen molar-refractivity contribution in [3.8, 4) is 0 Å². The van der Waals surface area contributed by atoms with Gasteiger partial charge in [-0.1, -0.05) is 6.07 Å². The van der Waals surface area contributed by atoms with Crippen molar-refractivity contribution in [3.05, 3.63) is 54.1 Å². The molecule has 29 heavy (non-hydrogen) atoms. The van der Waals surface area contributed by atoms with Gasteiger partial charge >= 0.3 is 6.18 Å². The van der Waals surface area contributed by atoms with Gasteiger partial charge in [-0.15, -0.1) is 0 Å². The number of amides is 2. The van der Waals surface area contributed by atoms with E-state index in [2.05, 4.69) is 5.32 Å². The van der Waals surface area contributed by atoms with Crippen molar-refractivity contribution in [2.75, 3.05) is 16.2 Å². The van der Waals surface area contributed by atoms with Crippen LogP contribution in [0.5, 0.6) is 0 Å². The molecule has 0 aliphatic rings. The summed E-state index contributed by atoms with van der Waals surface area (Å²) in [6, 6.07) is 8.47. The van der Waals surface area contributed by atoms with Crippen molar-refractivity contribution in [2.45, 2.75) is 18.0 Å². The van der Waals surface area contributed by atoms with E-state index in [0.717, 1.165) is 30.3 Å². The molecular formula is C17H17F3N4O4S. The molecule has 0 saturated heterocycles. The van der Waals surface area contributed by atoms with Gasteiger partial charge in [-0.25, -0.2) is 14.3 Å². The normalized spacial score (nSPS) is 11.6. The highest BCUT2D eigenvalue weighted by molar-refractivity contribution is 7.92. The molecule has 0 radical (unpaired) electrons. The molecule has 0 atom stereocenters. The number of sulfonamides is 1. The van der Waals surface area contributed by atoms with Gasteiger partial charge in [0.15, 0.2) is 0 Å². The van der Waals surface area contributed by atoms with Gasteiger partial charge in [-0.2, -0.15) is 13.2 Å². The van der Waals surface area contributed by atoms with Crippen LogP contribution in [0.2, 0.25) is 0 Å². The summed E-state index contributed by atoms with van der Waals surface area (Å²) in [6.45, 7) is 0.430. The van der Waals surface area contributed by atoms with Gasteiger partial charge in [0.05, 0.1) is 16.1 Å². The minimum absolute atomic E-state index is 0.297. The average molecular weight is 430 g/mol. The quantitative estimate of drug-likeness (QED) is 0.367. The van der Waals surface area contributed by atoms with E-state index in [0.29, 0.717) is 16.1 Å². The van der Waals surface area contributed by atoms with Crippen molar-refractivity contribution in [1.29, 1.82) is 0 Å². The number of nitrogens with zero attached hydrogens (tertiary/aromatic N) is 1. The van der Waals surface area contributed by atoms with Gasteiger partial charge in [0.1, 0.15) is 6.54 Å². The zero-order chi connectivity index (χ0) is 21.8. The highest BCUT2D eigenvalue weighted by Crippen LogP contribution is 2.33. The first-order chi connectivity index (χ1) is 13.4. The number of hydrazine groups is 1. The maximum atomic E-state index is 13.0. The maximum absolute atomic E-state index is 13.0. The van der Waals surface area contributed by atoms with Crippen LogP contribution in [0, 0.1) is 0 Å². The summed E-state index contributed by atoms with van der Waals surface area (Å²) < 4.78 is 65.6. The first-order valence-electron chi connectivity index (χ1n) is 8.02. The second-order valence-electron chi connectivity index (χ2n) is 5.83. The molecular weight excluding hydrogens is 413 g/mol. The largest absolute Gasteiger partial charge is 0.416 e. The van der Waals surface area contributed by atoms with E-state index < -0.39 is 34.2 Å². The minimum Gasteiger partial charge on any atom is -0.326 e. The fourth-order valence-corrected chi connectivity index (χ4v) is 3.78. The van der Waals surface area contributed by atoms with Crippen LogP contribution < -0.4 is 20.9 Å². The molecule has 2 aromatic carbocycles. The third-order valence-corrected chi connectivity index (χ3v) is 5.46. The average Bonchev–Trinajstić information content (AvgIpc) is 2.65. The molecule has 0 aliphatic heterocycles. The van der Waals surface area contributed by atoms with Crippen LogP contribution in [-0.4, -0.2) is 26.8 Å². The molecule has 0 aliphatic carbocycles. The Labute approximate surface area is 164 Å². The monoisotopic (exact) mass is 430 g/mol. The minimum atomic E-state index is -4.71. The van der Waals surface area contributed by atoms with Crippen molar-refractivity contribution >= 4 is 33.2 Å². The lowest BCUT2D eigenvalue weighted by molar-refractivity contribution is -0.137. The number of hydrogen-bond donors (Lipinski definition) is 3. The Bertz CT molecular complexity index is 1010. The first kappa shape index (κ1) is 22.2. The van der Waals surface area contributed by atoms with Gasteiger partial charge in [0, 0.05) is 12.6 Å². The Morgan fingerprint density at radius 3 is 2.24 bits per heavy atom. The van der Waals surface area contributed by atoms with Gasteiger partial charge in [-0.3, -0.25) is 19.3 Å². The smallest absolute Gasteiger partial charge is 0.326 e. The number of carbonyl (C=O) groups excluding carboxylic acids is 2. The van der Waals surface area contributed by atoms with Gasteiger partial charge in [-0.05, 0) is 42.5 Å². The SMILES string of the molecule is CC(=O)Nc1ccc(S(=O)(=O)N(CC(=O)NN)c2cccc(C(F)(F)F)c2)cc1. The lowest BCUT2D eigenvalue weighted by atomic mass is 10.2. The van der Waals surface area contributed by atoms with E-state index in [4.69, 9.17) is 5.84 Å². The van der Waals surface area contributed by atoms with Crippen molar-refractivity contribution in [2.24, 2.45) is 5.84 Å². The van der Waals surface area contributed by atoms with Gasteiger partial charge in [0.2, 0.25) is 5.91 Å². The topological polar surface area (TPSA) is 122 Å². The fourth-order valence-electron chi connectivity index (χ4n) is 2.37. The predicted molar refractivity (Wildman–Crippen MR) is 99.1 cm³/mol. The fraction of sp³-hybridized carbons (Fsp3) is 0.176. The van der Waals surface area contributed by atoms with E-state index in [-0.39, 0.29) is 16.5 Å².